The van der Waals surface area contributed by atoms with Gasteiger partial charge in [0.15, 0.2) is 0 Å². The number of amides is 2. The minimum absolute atomic E-state index is 0.0190. The van der Waals surface area contributed by atoms with Crippen molar-refractivity contribution in [1.29, 1.82) is 0 Å². The molecule has 2 N–H and O–H groups in total. The number of hydrogen-bond donors (Lipinski definition) is 1. The molecule has 0 aliphatic carbocycles. The maximum atomic E-state index is 12.0. The Labute approximate surface area is 122 Å². The summed E-state index contributed by atoms with van der Waals surface area (Å²) in [6.45, 7) is 4.02. The van der Waals surface area contributed by atoms with Crippen molar-refractivity contribution in [2.45, 2.75) is 19.8 Å². The van der Waals surface area contributed by atoms with Gasteiger partial charge in [-0.3, -0.25) is 14.5 Å². The largest absolute Gasteiger partial charge is 0.376 e. The van der Waals surface area contributed by atoms with Gasteiger partial charge in [-0.25, -0.2) is 0 Å². The highest BCUT2D eigenvalue weighted by Crippen LogP contribution is 2.31. The van der Waals surface area contributed by atoms with Crippen LogP contribution in [-0.2, 0) is 9.59 Å². The Morgan fingerprint density at radius 3 is 2.63 bits per heavy atom. The van der Waals surface area contributed by atoms with Crippen LogP contribution in [0, 0.1) is 5.92 Å². The van der Waals surface area contributed by atoms with Crippen molar-refractivity contribution >= 4 is 40.1 Å². The molecule has 0 aromatic heterocycles. The van der Waals surface area contributed by atoms with Crippen LogP contribution in [0.15, 0.2) is 11.1 Å². The minimum Gasteiger partial charge on any atom is -0.376 e. The fraction of sp³-hybridized carbons (Fsp3) is 0.583. The average Bonchev–Trinajstić information content (AvgIpc) is 2.64. The molecule has 0 unspecified atom stereocenters. The Hall–Kier alpha value is -1.08. The summed E-state index contributed by atoms with van der Waals surface area (Å²) < 4.78 is 0.616. The van der Waals surface area contributed by atoms with Crippen LogP contribution in [-0.4, -0.2) is 45.6 Å². The predicted molar refractivity (Wildman–Crippen MR) is 79.2 cm³/mol. The summed E-state index contributed by atoms with van der Waals surface area (Å²) in [5.74, 6) is -0.277. The van der Waals surface area contributed by atoms with E-state index in [0.29, 0.717) is 15.8 Å². The lowest BCUT2D eigenvalue weighted by Gasteiger charge is -2.29. The summed E-state index contributed by atoms with van der Waals surface area (Å²) in [5.41, 5.74) is 5.30. The summed E-state index contributed by atoms with van der Waals surface area (Å²) in [4.78, 5) is 27.5. The van der Waals surface area contributed by atoms with Gasteiger partial charge in [0.1, 0.15) is 4.32 Å². The smallest absolute Gasteiger partial charge is 0.267 e. The average molecular weight is 299 g/mol. The van der Waals surface area contributed by atoms with Gasteiger partial charge in [0.2, 0.25) is 5.91 Å². The van der Waals surface area contributed by atoms with E-state index >= 15 is 0 Å². The van der Waals surface area contributed by atoms with Crippen LogP contribution in [0.1, 0.15) is 19.8 Å². The quantitative estimate of drug-likeness (QED) is 0.620. The predicted octanol–water partition coefficient (Wildman–Crippen LogP) is 0.905. The fourth-order valence-corrected chi connectivity index (χ4v) is 3.63. The number of likely N-dealkylation sites (N-methyl/N-ethyl adjacent to an activating group) is 1. The normalized spacial score (nSPS) is 23.5. The summed E-state index contributed by atoms with van der Waals surface area (Å²) in [5, 5.41) is 0. The third kappa shape index (κ3) is 3.09. The molecule has 0 aromatic rings. The van der Waals surface area contributed by atoms with E-state index in [0.717, 1.165) is 25.9 Å². The summed E-state index contributed by atoms with van der Waals surface area (Å²) in [7, 11) is 0. The van der Waals surface area contributed by atoms with Crippen molar-refractivity contribution in [2.24, 2.45) is 11.7 Å². The molecule has 2 heterocycles. The lowest BCUT2D eigenvalue weighted by molar-refractivity contribution is -0.123. The molecule has 19 heavy (non-hydrogen) atoms. The topological polar surface area (TPSA) is 66.6 Å². The molecular formula is C12H17N3O2S2. The monoisotopic (exact) mass is 299 g/mol. The van der Waals surface area contributed by atoms with Crippen LogP contribution in [0.5, 0.6) is 0 Å². The second-order valence-electron chi connectivity index (χ2n) is 4.62. The lowest BCUT2D eigenvalue weighted by Crippen LogP contribution is -2.36. The zero-order valence-electron chi connectivity index (χ0n) is 10.8. The first-order chi connectivity index (χ1) is 9.02. The molecule has 0 aromatic carbocycles. The molecule has 0 atom stereocenters. The third-order valence-electron chi connectivity index (χ3n) is 3.42. The number of thiocarbonyl (C=S) groups is 1. The van der Waals surface area contributed by atoms with E-state index in [-0.39, 0.29) is 17.7 Å². The van der Waals surface area contributed by atoms with Crippen LogP contribution in [0.2, 0.25) is 0 Å². The van der Waals surface area contributed by atoms with Crippen molar-refractivity contribution in [3.8, 4) is 0 Å². The molecule has 7 heteroatoms. The van der Waals surface area contributed by atoms with E-state index in [1.807, 2.05) is 13.1 Å². The van der Waals surface area contributed by atoms with Gasteiger partial charge < -0.3 is 10.6 Å². The van der Waals surface area contributed by atoms with Gasteiger partial charge in [-0.05, 0) is 19.8 Å². The molecule has 5 nitrogen and oxygen atoms in total. The van der Waals surface area contributed by atoms with Crippen molar-refractivity contribution in [3.63, 3.8) is 0 Å². The van der Waals surface area contributed by atoms with E-state index in [9.17, 15) is 9.59 Å². The van der Waals surface area contributed by atoms with Crippen LogP contribution >= 0.6 is 24.0 Å². The first kappa shape index (κ1) is 14.3. The standard InChI is InChI=1S/C12H17N3O2S2/c1-2-15-11(17)9(19-12(15)18)7-14-5-3-8(4-6-14)10(13)16/h7-8H,2-6H2,1H3,(H2,13,16)/b9-7-. The molecule has 0 spiro atoms. The van der Waals surface area contributed by atoms with Gasteiger partial charge in [0, 0.05) is 31.8 Å². The zero-order chi connectivity index (χ0) is 14.0. The Morgan fingerprint density at radius 1 is 1.53 bits per heavy atom. The summed E-state index contributed by atoms with van der Waals surface area (Å²) in [6.07, 6.45) is 3.37. The Morgan fingerprint density at radius 2 is 2.16 bits per heavy atom. The molecule has 2 aliphatic rings. The highest BCUT2D eigenvalue weighted by molar-refractivity contribution is 8.26. The van der Waals surface area contributed by atoms with Crippen molar-refractivity contribution < 1.29 is 9.59 Å². The molecule has 0 saturated carbocycles. The maximum Gasteiger partial charge on any atom is 0.267 e. The number of nitrogens with two attached hydrogens (primary N) is 1. The van der Waals surface area contributed by atoms with Crippen molar-refractivity contribution in [2.75, 3.05) is 19.6 Å². The highest BCUT2D eigenvalue weighted by atomic mass is 32.2. The molecule has 2 fully saturated rings. The van der Waals surface area contributed by atoms with Crippen LogP contribution in [0.25, 0.3) is 0 Å². The van der Waals surface area contributed by atoms with Crippen molar-refractivity contribution in [1.82, 2.24) is 9.80 Å². The van der Waals surface area contributed by atoms with Crippen molar-refractivity contribution in [3.05, 3.63) is 11.1 Å². The molecule has 104 valence electrons. The minimum atomic E-state index is -0.225. The van der Waals surface area contributed by atoms with Gasteiger partial charge in [0.05, 0.1) is 4.91 Å². The van der Waals surface area contributed by atoms with Gasteiger partial charge >= 0.3 is 0 Å². The van der Waals surface area contributed by atoms with E-state index < -0.39 is 0 Å². The Kier molecular flexibility index (Phi) is 4.46. The number of primary amides is 1. The van der Waals surface area contributed by atoms with Gasteiger partial charge in [-0.15, -0.1) is 0 Å². The first-order valence-electron chi connectivity index (χ1n) is 6.31. The first-order valence-corrected chi connectivity index (χ1v) is 7.54. The van der Waals surface area contributed by atoms with E-state index in [4.69, 9.17) is 18.0 Å². The molecule has 2 aliphatic heterocycles. The van der Waals surface area contributed by atoms with E-state index in [1.165, 1.54) is 11.8 Å². The molecule has 0 radical (unpaired) electrons. The molecule has 2 rings (SSSR count). The van der Waals surface area contributed by atoms with Crippen LogP contribution < -0.4 is 5.73 Å². The number of carbonyl (C=O) groups excluding carboxylic acids is 2. The Balaban J connectivity index is 1.98. The van der Waals surface area contributed by atoms with Gasteiger partial charge in [-0.2, -0.15) is 0 Å². The SMILES string of the molecule is CCN1C(=O)/C(=C/N2CCC(C(N)=O)CC2)SC1=S. The fourth-order valence-electron chi connectivity index (χ4n) is 2.24. The van der Waals surface area contributed by atoms with Gasteiger partial charge in [-0.1, -0.05) is 24.0 Å². The second-order valence-corrected chi connectivity index (χ2v) is 6.30. The van der Waals surface area contributed by atoms with Gasteiger partial charge in [0.25, 0.3) is 5.91 Å². The maximum absolute atomic E-state index is 12.0. The molecule has 0 bridgehead atoms. The number of nitrogens with zero attached hydrogens (tertiary/aromatic N) is 2. The highest BCUT2D eigenvalue weighted by Gasteiger charge is 2.32. The van der Waals surface area contributed by atoms with Crippen LogP contribution in [0.4, 0.5) is 0 Å². The number of hydrogen-bond acceptors (Lipinski definition) is 5. The molecular weight excluding hydrogens is 282 g/mol. The number of rotatable bonds is 3. The summed E-state index contributed by atoms with van der Waals surface area (Å²) in [6, 6.07) is 0. The third-order valence-corrected chi connectivity index (χ3v) is 4.79. The lowest BCUT2D eigenvalue weighted by atomic mass is 9.97. The van der Waals surface area contributed by atoms with Crippen LogP contribution in [0.3, 0.4) is 0 Å². The molecule has 2 amide bonds. The Bertz CT molecular complexity index is 442. The summed E-state index contributed by atoms with van der Waals surface area (Å²) >= 11 is 6.50. The number of thioether (sulfide) groups is 1. The zero-order valence-corrected chi connectivity index (χ0v) is 12.4. The van der Waals surface area contributed by atoms with E-state index in [1.54, 1.807) is 4.90 Å². The number of likely N-dealkylation sites (tertiary alicyclic amines) is 1. The second kappa shape index (κ2) is 5.92. The number of piperidine rings is 1. The molecule has 2 saturated heterocycles. The number of carbonyl (C=O) groups is 2. The van der Waals surface area contributed by atoms with E-state index in [2.05, 4.69) is 4.90 Å².